The number of rotatable bonds is 6. The van der Waals surface area contributed by atoms with E-state index in [1.165, 1.54) is 34.8 Å². The molecule has 1 heterocycles. The molecule has 8 heteroatoms. The van der Waals surface area contributed by atoms with Gasteiger partial charge in [0.05, 0.1) is 17.7 Å². The third-order valence-corrected chi connectivity index (χ3v) is 5.44. The lowest BCUT2D eigenvalue weighted by molar-refractivity contribution is -0.387. The van der Waals surface area contributed by atoms with Crippen LogP contribution in [0.1, 0.15) is 18.6 Å². The average molecular weight is 322 g/mol. The number of nitrogens with zero attached hydrogens (tertiary/aromatic N) is 2. The molecule has 0 amide bonds. The van der Waals surface area contributed by atoms with E-state index in [9.17, 15) is 18.5 Å². The van der Waals surface area contributed by atoms with Crippen LogP contribution < -0.4 is 0 Å². The Morgan fingerprint density at radius 1 is 1.23 bits per heavy atom. The highest BCUT2D eigenvalue weighted by atomic mass is 32.2. The molecular formula is C14H14N2O5S. The molecule has 0 saturated heterocycles. The molecule has 0 unspecified atom stereocenters. The van der Waals surface area contributed by atoms with Crippen LogP contribution in [0.2, 0.25) is 0 Å². The Morgan fingerprint density at radius 2 is 1.95 bits per heavy atom. The number of nitro groups is 1. The SMILES string of the molecule is O=[N+]([O-])c1ccccc1S(=O)(=O)N(Cc1ccco1)C1CC1. The first-order valence-electron chi connectivity index (χ1n) is 6.78. The van der Waals surface area contributed by atoms with E-state index in [-0.39, 0.29) is 17.5 Å². The Balaban J connectivity index is 2.01. The monoisotopic (exact) mass is 322 g/mol. The molecule has 0 atom stereocenters. The van der Waals surface area contributed by atoms with Crippen molar-refractivity contribution in [3.63, 3.8) is 0 Å². The fourth-order valence-electron chi connectivity index (χ4n) is 2.28. The van der Waals surface area contributed by atoms with Crippen molar-refractivity contribution in [3.05, 3.63) is 58.5 Å². The molecule has 0 spiro atoms. The van der Waals surface area contributed by atoms with Gasteiger partial charge < -0.3 is 4.42 Å². The van der Waals surface area contributed by atoms with E-state index >= 15 is 0 Å². The van der Waals surface area contributed by atoms with Gasteiger partial charge in [-0.1, -0.05) is 12.1 Å². The standard InChI is InChI=1S/C14H14N2O5S/c17-16(18)13-5-1-2-6-14(13)22(19,20)15(11-7-8-11)10-12-4-3-9-21-12/h1-6,9,11H,7-8,10H2. The second-order valence-corrected chi connectivity index (χ2v) is 6.94. The van der Waals surface area contributed by atoms with Gasteiger partial charge in [-0.3, -0.25) is 10.1 Å². The quantitative estimate of drug-likeness (QED) is 0.602. The van der Waals surface area contributed by atoms with E-state index in [0.717, 1.165) is 12.8 Å². The smallest absolute Gasteiger partial charge is 0.289 e. The number of nitro benzene ring substituents is 1. The molecule has 22 heavy (non-hydrogen) atoms. The zero-order chi connectivity index (χ0) is 15.7. The van der Waals surface area contributed by atoms with Gasteiger partial charge in [0.1, 0.15) is 5.76 Å². The van der Waals surface area contributed by atoms with Crippen LogP contribution in [-0.2, 0) is 16.6 Å². The molecule has 7 nitrogen and oxygen atoms in total. The second-order valence-electron chi connectivity index (χ2n) is 5.09. The fourth-order valence-corrected chi connectivity index (χ4v) is 4.09. The maximum Gasteiger partial charge on any atom is 0.289 e. The zero-order valence-corrected chi connectivity index (χ0v) is 12.4. The van der Waals surface area contributed by atoms with Gasteiger partial charge in [-0.05, 0) is 31.0 Å². The van der Waals surface area contributed by atoms with Gasteiger partial charge in [0.2, 0.25) is 0 Å². The lowest BCUT2D eigenvalue weighted by Crippen LogP contribution is -2.33. The third-order valence-electron chi connectivity index (χ3n) is 3.49. The van der Waals surface area contributed by atoms with Gasteiger partial charge in [-0.15, -0.1) is 0 Å². The Bertz CT molecular complexity index is 781. The molecule has 1 aromatic carbocycles. The van der Waals surface area contributed by atoms with Crippen molar-refractivity contribution in [3.8, 4) is 0 Å². The minimum absolute atomic E-state index is 0.0754. The number of hydrogen-bond donors (Lipinski definition) is 0. The largest absolute Gasteiger partial charge is 0.468 e. The number of hydrogen-bond acceptors (Lipinski definition) is 5. The lowest BCUT2D eigenvalue weighted by atomic mass is 10.3. The molecular weight excluding hydrogens is 308 g/mol. The van der Waals surface area contributed by atoms with E-state index in [4.69, 9.17) is 4.42 Å². The number of sulfonamides is 1. The van der Waals surface area contributed by atoms with Crippen LogP contribution in [0.25, 0.3) is 0 Å². The Hall–Kier alpha value is -2.19. The maximum absolute atomic E-state index is 12.8. The van der Waals surface area contributed by atoms with E-state index in [0.29, 0.717) is 5.76 Å². The van der Waals surface area contributed by atoms with Crippen molar-refractivity contribution in [2.75, 3.05) is 0 Å². The molecule has 0 aliphatic heterocycles. The average Bonchev–Trinajstić information content (AvgIpc) is 3.20. The van der Waals surface area contributed by atoms with Crippen molar-refractivity contribution < 1.29 is 17.8 Å². The van der Waals surface area contributed by atoms with Gasteiger partial charge in [-0.25, -0.2) is 8.42 Å². The van der Waals surface area contributed by atoms with Crippen LogP contribution in [0, 0.1) is 10.1 Å². The minimum Gasteiger partial charge on any atom is -0.468 e. The van der Waals surface area contributed by atoms with Crippen LogP contribution >= 0.6 is 0 Å². The number of furan rings is 1. The van der Waals surface area contributed by atoms with Gasteiger partial charge >= 0.3 is 0 Å². The molecule has 1 saturated carbocycles. The van der Waals surface area contributed by atoms with Crippen LogP contribution in [0.5, 0.6) is 0 Å². The van der Waals surface area contributed by atoms with E-state index < -0.39 is 20.6 Å². The van der Waals surface area contributed by atoms with E-state index in [1.807, 2.05) is 0 Å². The molecule has 3 rings (SSSR count). The molecule has 1 aliphatic carbocycles. The summed E-state index contributed by atoms with van der Waals surface area (Å²) in [5, 5.41) is 11.1. The molecule has 1 fully saturated rings. The summed E-state index contributed by atoms with van der Waals surface area (Å²) in [5.74, 6) is 0.508. The van der Waals surface area contributed by atoms with Crippen LogP contribution in [-0.4, -0.2) is 23.7 Å². The summed E-state index contributed by atoms with van der Waals surface area (Å²) in [4.78, 5) is 10.1. The summed E-state index contributed by atoms with van der Waals surface area (Å²) in [5.41, 5.74) is -0.410. The molecule has 0 N–H and O–H groups in total. The molecule has 0 bridgehead atoms. The molecule has 1 aromatic heterocycles. The van der Waals surface area contributed by atoms with E-state index in [2.05, 4.69) is 0 Å². The van der Waals surface area contributed by atoms with Gasteiger partial charge in [-0.2, -0.15) is 4.31 Å². The van der Waals surface area contributed by atoms with Crippen LogP contribution in [0.15, 0.2) is 52.0 Å². The first kappa shape index (κ1) is 14.7. The highest BCUT2D eigenvalue weighted by Gasteiger charge is 2.41. The predicted molar refractivity (Wildman–Crippen MR) is 77.6 cm³/mol. The zero-order valence-electron chi connectivity index (χ0n) is 11.6. The normalized spacial score (nSPS) is 15.1. The summed E-state index contributed by atoms with van der Waals surface area (Å²) >= 11 is 0. The highest BCUT2D eigenvalue weighted by Crippen LogP contribution is 2.36. The summed E-state index contributed by atoms with van der Waals surface area (Å²) < 4.78 is 32.2. The first-order valence-corrected chi connectivity index (χ1v) is 8.22. The number of benzene rings is 1. The Morgan fingerprint density at radius 3 is 2.55 bits per heavy atom. The fraction of sp³-hybridized carbons (Fsp3) is 0.286. The van der Waals surface area contributed by atoms with Crippen molar-refractivity contribution in [1.29, 1.82) is 0 Å². The molecule has 2 aromatic rings. The maximum atomic E-state index is 12.8. The number of para-hydroxylation sites is 1. The first-order chi connectivity index (χ1) is 10.5. The summed E-state index contributed by atoms with van der Waals surface area (Å²) in [6.07, 6.45) is 2.97. The predicted octanol–water partition coefficient (Wildman–Crippen LogP) is 2.54. The summed E-state index contributed by atoms with van der Waals surface area (Å²) in [6, 6.07) is 8.64. The second kappa shape index (κ2) is 5.54. The Kier molecular flexibility index (Phi) is 3.71. The van der Waals surface area contributed by atoms with Gasteiger partial charge in [0, 0.05) is 12.1 Å². The van der Waals surface area contributed by atoms with Crippen molar-refractivity contribution in [2.45, 2.75) is 30.3 Å². The van der Waals surface area contributed by atoms with Crippen molar-refractivity contribution in [2.24, 2.45) is 0 Å². The molecule has 1 aliphatic rings. The minimum atomic E-state index is -3.96. The van der Waals surface area contributed by atoms with Gasteiger partial charge in [0.25, 0.3) is 15.7 Å². The Labute approximate surface area is 127 Å². The van der Waals surface area contributed by atoms with Crippen LogP contribution in [0.4, 0.5) is 5.69 Å². The lowest BCUT2D eigenvalue weighted by Gasteiger charge is -2.20. The van der Waals surface area contributed by atoms with Crippen molar-refractivity contribution >= 4 is 15.7 Å². The van der Waals surface area contributed by atoms with Gasteiger partial charge in [0.15, 0.2) is 4.90 Å². The molecule has 0 radical (unpaired) electrons. The molecule has 116 valence electrons. The topological polar surface area (TPSA) is 93.7 Å². The summed E-state index contributed by atoms with van der Waals surface area (Å²) in [6.45, 7) is 0.0754. The third kappa shape index (κ3) is 2.75. The van der Waals surface area contributed by atoms with Crippen LogP contribution in [0.3, 0.4) is 0 Å². The van der Waals surface area contributed by atoms with Crippen molar-refractivity contribution in [1.82, 2.24) is 4.31 Å². The highest BCUT2D eigenvalue weighted by molar-refractivity contribution is 7.89. The summed E-state index contributed by atoms with van der Waals surface area (Å²) in [7, 11) is -3.96. The van der Waals surface area contributed by atoms with E-state index in [1.54, 1.807) is 12.1 Å².